The van der Waals surface area contributed by atoms with Gasteiger partial charge < -0.3 is 15.8 Å². The molecule has 1 saturated heterocycles. The zero-order chi connectivity index (χ0) is 12.1. The van der Waals surface area contributed by atoms with Crippen LogP contribution < -0.4 is 11.1 Å². The van der Waals surface area contributed by atoms with Crippen molar-refractivity contribution < 1.29 is 9.53 Å². The third kappa shape index (κ3) is 3.01. The smallest absolute Gasteiger partial charge is 0.242 e. The van der Waals surface area contributed by atoms with Crippen molar-refractivity contribution in [2.45, 2.75) is 18.4 Å². The Morgan fingerprint density at radius 1 is 1.59 bits per heavy atom. The monoisotopic (exact) mass is 235 g/mol. The van der Waals surface area contributed by atoms with Crippen molar-refractivity contribution in [1.82, 2.24) is 10.3 Å². The lowest BCUT2D eigenvalue weighted by Crippen LogP contribution is -2.54. The van der Waals surface area contributed by atoms with Crippen molar-refractivity contribution in [3.05, 3.63) is 30.1 Å². The predicted molar refractivity (Wildman–Crippen MR) is 63.3 cm³/mol. The first kappa shape index (κ1) is 12.0. The SMILES string of the molecule is NC1(C(=O)NCCc2ccccn2)CCOC1. The summed E-state index contributed by atoms with van der Waals surface area (Å²) in [5.74, 6) is -0.133. The number of hydrogen-bond acceptors (Lipinski definition) is 4. The first-order chi connectivity index (χ1) is 8.21. The molecule has 17 heavy (non-hydrogen) atoms. The molecule has 1 aromatic heterocycles. The van der Waals surface area contributed by atoms with Gasteiger partial charge in [-0.15, -0.1) is 0 Å². The van der Waals surface area contributed by atoms with E-state index in [2.05, 4.69) is 10.3 Å². The second kappa shape index (κ2) is 5.25. The maximum absolute atomic E-state index is 11.8. The Morgan fingerprint density at radius 3 is 3.12 bits per heavy atom. The molecule has 2 heterocycles. The largest absolute Gasteiger partial charge is 0.379 e. The molecular formula is C12H17N3O2. The van der Waals surface area contributed by atoms with Crippen LogP contribution in [0, 0.1) is 0 Å². The molecule has 1 aliphatic rings. The molecule has 2 rings (SSSR count). The number of pyridine rings is 1. The van der Waals surface area contributed by atoms with Crippen LogP contribution in [-0.4, -0.2) is 36.2 Å². The maximum atomic E-state index is 11.8. The fraction of sp³-hybridized carbons (Fsp3) is 0.500. The topological polar surface area (TPSA) is 77.2 Å². The summed E-state index contributed by atoms with van der Waals surface area (Å²) in [6.07, 6.45) is 3.04. The van der Waals surface area contributed by atoms with Crippen LogP contribution in [0.25, 0.3) is 0 Å². The van der Waals surface area contributed by atoms with E-state index in [0.717, 1.165) is 5.69 Å². The Morgan fingerprint density at radius 2 is 2.47 bits per heavy atom. The van der Waals surface area contributed by atoms with E-state index in [4.69, 9.17) is 10.5 Å². The number of aromatic nitrogens is 1. The minimum absolute atomic E-state index is 0.133. The minimum Gasteiger partial charge on any atom is -0.379 e. The summed E-state index contributed by atoms with van der Waals surface area (Å²) in [6, 6.07) is 5.73. The molecule has 1 aliphatic heterocycles. The maximum Gasteiger partial charge on any atom is 0.242 e. The summed E-state index contributed by atoms with van der Waals surface area (Å²) < 4.78 is 5.15. The first-order valence-electron chi connectivity index (χ1n) is 5.75. The zero-order valence-corrected chi connectivity index (χ0v) is 9.69. The standard InChI is InChI=1S/C12H17N3O2/c13-12(5-8-17-9-12)11(16)15-7-4-10-3-1-2-6-14-10/h1-3,6H,4-5,7-9,13H2,(H,15,16). The highest BCUT2D eigenvalue weighted by Crippen LogP contribution is 2.15. The highest BCUT2D eigenvalue weighted by atomic mass is 16.5. The number of carbonyl (C=O) groups excluding carboxylic acids is 1. The molecule has 92 valence electrons. The van der Waals surface area contributed by atoms with E-state index in [-0.39, 0.29) is 5.91 Å². The third-order valence-electron chi connectivity index (χ3n) is 2.90. The van der Waals surface area contributed by atoms with E-state index in [0.29, 0.717) is 32.6 Å². The molecule has 1 atom stereocenters. The highest BCUT2D eigenvalue weighted by molar-refractivity contribution is 5.86. The number of nitrogens with two attached hydrogens (primary N) is 1. The van der Waals surface area contributed by atoms with E-state index in [9.17, 15) is 4.79 Å². The second-order valence-electron chi connectivity index (χ2n) is 4.29. The van der Waals surface area contributed by atoms with Gasteiger partial charge in [0, 0.05) is 31.5 Å². The Labute approximate surface area is 100 Å². The molecule has 1 amide bonds. The number of hydrogen-bond donors (Lipinski definition) is 2. The van der Waals surface area contributed by atoms with Crippen LogP contribution in [0.2, 0.25) is 0 Å². The number of nitrogens with zero attached hydrogens (tertiary/aromatic N) is 1. The van der Waals surface area contributed by atoms with Crippen molar-refractivity contribution in [3.63, 3.8) is 0 Å². The van der Waals surface area contributed by atoms with E-state index in [1.807, 2.05) is 18.2 Å². The van der Waals surface area contributed by atoms with Gasteiger partial charge >= 0.3 is 0 Å². The van der Waals surface area contributed by atoms with Gasteiger partial charge in [-0.2, -0.15) is 0 Å². The lowest BCUT2D eigenvalue weighted by atomic mass is 9.99. The highest BCUT2D eigenvalue weighted by Gasteiger charge is 2.37. The van der Waals surface area contributed by atoms with Crippen LogP contribution in [0.3, 0.4) is 0 Å². The number of ether oxygens (including phenoxy) is 1. The van der Waals surface area contributed by atoms with Gasteiger partial charge in [0.25, 0.3) is 0 Å². The number of amides is 1. The van der Waals surface area contributed by atoms with Crippen molar-refractivity contribution >= 4 is 5.91 Å². The Balaban J connectivity index is 1.77. The van der Waals surface area contributed by atoms with Gasteiger partial charge in [-0.1, -0.05) is 6.07 Å². The minimum atomic E-state index is -0.843. The summed E-state index contributed by atoms with van der Waals surface area (Å²) in [4.78, 5) is 16.0. The molecule has 0 aliphatic carbocycles. The van der Waals surface area contributed by atoms with Crippen molar-refractivity contribution in [3.8, 4) is 0 Å². The molecule has 0 bridgehead atoms. The van der Waals surface area contributed by atoms with Gasteiger partial charge in [0.05, 0.1) is 6.61 Å². The molecule has 0 aromatic carbocycles. The van der Waals surface area contributed by atoms with Gasteiger partial charge in [0.2, 0.25) is 5.91 Å². The van der Waals surface area contributed by atoms with E-state index in [1.54, 1.807) is 6.20 Å². The van der Waals surface area contributed by atoms with Crippen molar-refractivity contribution in [2.24, 2.45) is 5.73 Å². The number of carbonyl (C=O) groups is 1. The number of rotatable bonds is 4. The van der Waals surface area contributed by atoms with E-state index >= 15 is 0 Å². The lowest BCUT2D eigenvalue weighted by molar-refractivity contribution is -0.126. The normalized spacial score (nSPS) is 23.6. The molecule has 3 N–H and O–H groups in total. The van der Waals surface area contributed by atoms with E-state index < -0.39 is 5.54 Å². The lowest BCUT2D eigenvalue weighted by Gasteiger charge is -2.20. The molecule has 1 unspecified atom stereocenters. The predicted octanol–water partition coefficient (Wildman–Crippen LogP) is -0.142. The van der Waals surface area contributed by atoms with Gasteiger partial charge in [-0.3, -0.25) is 9.78 Å². The average Bonchev–Trinajstić information content (AvgIpc) is 2.79. The van der Waals surface area contributed by atoms with Gasteiger partial charge in [-0.25, -0.2) is 0 Å². The summed E-state index contributed by atoms with van der Waals surface area (Å²) in [6.45, 7) is 1.42. The summed E-state index contributed by atoms with van der Waals surface area (Å²) in [5.41, 5.74) is 6.05. The Bertz CT molecular complexity index is 375. The fourth-order valence-corrected chi connectivity index (χ4v) is 1.79. The molecule has 5 heteroatoms. The molecule has 1 aromatic rings. The molecule has 0 radical (unpaired) electrons. The Hall–Kier alpha value is -1.46. The van der Waals surface area contributed by atoms with Crippen molar-refractivity contribution in [1.29, 1.82) is 0 Å². The quantitative estimate of drug-likeness (QED) is 0.761. The van der Waals surface area contributed by atoms with Crippen molar-refractivity contribution in [2.75, 3.05) is 19.8 Å². The van der Waals surface area contributed by atoms with Crippen LogP contribution >= 0.6 is 0 Å². The molecule has 0 saturated carbocycles. The van der Waals surface area contributed by atoms with Crippen LogP contribution in [0.5, 0.6) is 0 Å². The van der Waals surface area contributed by atoms with Crippen LogP contribution in [0.1, 0.15) is 12.1 Å². The fourth-order valence-electron chi connectivity index (χ4n) is 1.79. The van der Waals surface area contributed by atoms with E-state index in [1.165, 1.54) is 0 Å². The van der Waals surface area contributed by atoms with Crippen LogP contribution in [0.15, 0.2) is 24.4 Å². The average molecular weight is 235 g/mol. The van der Waals surface area contributed by atoms with Crippen LogP contribution in [-0.2, 0) is 16.0 Å². The van der Waals surface area contributed by atoms with Gasteiger partial charge in [0.1, 0.15) is 5.54 Å². The second-order valence-corrected chi connectivity index (χ2v) is 4.29. The Kier molecular flexibility index (Phi) is 3.71. The first-order valence-corrected chi connectivity index (χ1v) is 5.75. The summed E-state index contributed by atoms with van der Waals surface area (Å²) in [5, 5.41) is 2.83. The molecule has 1 fully saturated rings. The van der Waals surface area contributed by atoms with Gasteiger partial charge in [0.15, 0.2) is 0 Å². The zero-order valence-electron chi connectivity index (χ0n) is 9.69. The summed E-state index contributed by atoms with van der Waals surface area (Å²) in [7, 11) is 0. The molecule has 5 nitrogen and oxygen atoms in total. The third-order valence-corrected chi connectivity index (χ3v) is 2.90. The van der Waals surface area contributed by atoms with Crippen LogP contribution in [0.4, 0.5) is 0 Å². The molecular weight excluding hydrogens is 218 g/mol. The number of nitrogens with one attached hydrogen (secondary N) is 1. The summed E-state index contributed by atoms with van der Waals surface area (Å²) >= 11 is 0. The van der Waals surface area contributed by atoms with Gasteiger partial charge in [-0.05, 0) is 18.6 Å². The molecule has 0 spiro atoms.